The lowest BCUT2D eigenvalue weighted by Crippen LogP contribution is -2.37. The van der Waals surface area contributed by atoms with Gasteiger partial charge in [-0.15, -0.1) is 0 Å². The molecule has 1 fully saturated rings. The smallest absolute Gasteiger partial charge is 0.151 e. The molecule has 0 atom stereocenters. The fourth-order valence-corrected chi connectivity index (χ4v) is 4.04. The second-order valence-corrected chi connectivity index (χ2v) is 7.27. The molecule has 2 aliphatic heterocycles. The van der Waals surface area contributed by atoms with Crippen LogP contribution >= 0.6 is 0 Å². The number of hydrogen-bond acceptors (Lipinski definition) is 4. The van der Waals surface area contributed by atoms with Gasteiger partial charge in [-0.3, -0.25) is 4.79 Å². The summed E-state index contributed by atoms with van der Waals surface area (Å²) in [5.41, 5.74) is 2.28. The zero-order chi connectivity index (χ0) is 17.9. The molecule has 26 heavy (non-hydrogen) atoms. The van der Waals surface area contributed by atoms with E-state index in [1.165, 1.54) is 0 Å². The maximum Gasteiger partial charge on any atom is 0.151 e. The molecule has 4 rings (SSSR count). The van der Waals surface area contributed by atoms with Crippen molar-refractivity contribution < 1.29 is 9.53 Å². The van der Waals surface area contributed by atoms with Crippen molar-refractivity contribution >= 4 is 17.2 Å². The van der Waals surface area contributed by atoms with Crippen LogP contribution in [0.3, 0.4) is 0 Å². The average Bonchev–Trinajstić information content (AvgIpc) is 2.68. The lowest BCUT2D eigenvalue weighted by Gasteiger charge is -2.34. The number of para-hydroxylation sites is 4. The van der Waals surface area contributed by atoms with Crippen LogP contribution in [0.4, 0.5) is 11.4 Å². The molecule has 0 bridgehead atoms. The van der Waals surface area contributed by atoms with Crippen LogP contribution in [-0.2, 0) is 4.79 Å². The molecule has 0 unspecified atom stereocenters. The molecule has 1 saturated heterocycles. The second-order valence-electron chi connectivity index (χ2n) is 7.27. The van der Waals surface area contributed by atoms with Crippen molar-refractivity contribution in [2.24, 2.45) is 5.92 Å². The number of ether oxygens (including phenoxy) is 1. The molecule has 2 heterocycles. The van der Waals surface area contributed by atoms with E-state index in [4.69, 9.17) is 4.74 Å². The number of ketones is 1. The fraction of sp³-hybridized carbons (Fsp3) is 0.409. The number of rotatable bonds is 5. The van der Waals surface area contributed by atoms with Gasteiger partial charge in [0.1, 0.15) is 5.78 Å². The summed E-state index contributed by atoms with van der Waals surface area (Å²) in [5, 5.41) is 0. The van der Waals surface area contributed by atoms with E-state index in [1.807, 2.05) is 24.3 Å². The predicted molar refractivity (Wildman–Crippen MR) is 104 cm³/mol. The third kappa shape index (κ3) is 3.47. The third-order valence-corrected chi connectivity index (χ3v) is 5.55. The number of anilines is 2. The van der Waals surface area contributed by atoms with Crippen LogP contribution in [0.1, 0.15) is 26.2 Å². The number of fused-ring (bicyclic) bond motifs is 2. The molecule has 0 spiro atoms. The van der Waals surface area contributed by atoms with Gasteiger partial charge in [-0.2, -0.15) is 0 Å². The number of piperidine rings is 1. The van der Waals surface area contributed by atoms with Gasteiger partial charge in [-0.1, -0.05) is 24.3 Å². The molecule has 0 amide bonds. The molecule has 0 radical (unpaired) electrons. The van der Waals surface area contributed by atoms with E-state index in [0.717, 1.165) is 68.3 Å². The van der Waals surface area contributed by atoms with Crippen molar-refractivity contribution in [1.29, 1.82) is 0 Å². The van der Waals surface area contributed by atoms with Gasteiger partial charge < -0.3 is 14.5 Å². The minimum atomic E-state index is 0.282. The highest BCUT2D eigenvalue weighted by Crippen LogP contribution is 2.46. The van der Waals surface area contributed by atoms with Crippen molar-refractivity contribution in [2.45, 2.75) is 26.2 Å². The topological polar surface area (TPSA) is 32.8 Å². The molecular weight excluding hydrogens is 324 g/mol. The van der Waals surface area contributed by atoms with Gasteiger partial charge in [0.05, 0.1) is 11.4 Å². The summed E-state index contributed by atoms with van der Waals surface area (Å²) in [6, 6.07) is 16.5. The maximum absolute atomic E-state index is 11.5. The van der Waals surface area contributed by atoms with Crippen LogP contribution in [0.15, 0.2) is 48.5 Å². The molecule has 2 aromatic carbocycles. The molecule has 0 saturated carbocycles. The van der Waals surface area contributed by atoms with Gasteiger partial charge in [-0.05, 0) is 70.1 Å². The highest BCUT2D eigenvalue weighted by molar-refractivity contribution is 5.78. The summed E-state index contributed by atoms with van der Waals surface area (Å²) in [6.45, 7) is 5.85. The number of Topliss-reactive ketones (excluding diaryl/α,β-unsaturated/α-hetero) is 1. The predicted octanol–water partition coefficient (Wildman–Crippen LogP) is 4.62. The molecule has 4 nitrogen and oxygen atoms in total. The van der Waals surface area contributed by atoms with Crippen molar-refractivity contribution in [3.05, 3.63) is 48.5 Å². The van der Waals surface area contributed by atoms with Gasteiger partial charge >= 0.3 is 0 Å². The largest absolute Gasteiger partial charge is 0.453 e. The summed E-state index contributed by atoms with van der Waals surface area (Å²) >= 11 is 0. The SMILES string of the molecule is CC(=O)C1CCN(CCCN2c3ccccc3Oc3ccccc32)CC1. The maximum atomic E-state index is 11.5. The number of nitrogens with zero attached hydrogens (tertiary/aromatic N) is 2. The van der Waals surface area contributed by atoms with Crippen LogP contribution < -0.4 is 9.64 Å². The van der Waals surface area contributed by atoms with E-state index in [-0.39, 0.29) is 5.92 Å². The normalized spacial score (nSPS) is 17.3. The summed E-state index contributed by atoms with van der Waals surface area (Å²) in [7, 11) is 0. The van der Waals surface area contributed by atoms with Gasteiger partial charge in [0, 0.05) is 12.5 Å². The molecule has 4 heteroatoms. The van der Waals surface area contributed by atoms with Crippen LogP contribution in [0.2, 0.25) is 0 Å². The summed E-state index contributed by atoms with van der Waals surface area (Å²) in [4.78, 5) is 16.4. The monoisotopic (exact) mass is 350 g/mol. The van der Waals surface area contributed by atoms with Gasteiger partial charge in [0.2, 0.25) is 0 Å². The fourth-order valence-electron chi connectivity index (χ4n) is 4.04. The molecule has 0 aliphatic carbocycles. The van der Waals surface area contributed by atoms with E-state index in [2.05, 4.69) is 34.1 Å². The Hall–Kier alpha value is -2.33. The molecule has 2 aliphatic rings. The van der Waals surface area contributed by atoms with Crippen molar-refractivity contribution in [3.8, 4) is 11.5 Å². The molecule has 0 N–H and O–H groups in total. The second kappa shape index (κ2) is 7.50. The lowest BCUT2D eigenvalue weighted by molar-refractivity contribution is -0.122. The van der Waals surface area contributed by atoms with Crippen LogP contribution in [0.5, 0.6) is 11.5 Å². The first-order valence-corrected chi connectivity index (χ1v) is 9.58. The van der Waals surface area contributed by atoms with Crippen LogP contribution in [0, 0.1) is 5.92 Å². The number of carbonyl (C=O) groups excluding carboxylic acids is 1. The minimum absolute atomic E-state index is 0.282. The quantitative estimate of drug-likeness (QED) is 0.788. The van der Waals surface area contributed by atoms with Crippen LogP contribution in [0.25, 0.3) is 0 Å². The van der Waals surface area contributed by atoms with Crippen molar-refractivity contribution in [1.82, 2.24) is 4.90 Å². The molecule has 2 aromatic rings. The highest BCUT2D eigenvalue weighted by Gasteiger charge is 2.25. The number of carbonyl (C=O) groups is 1. The zero-order valence-electron chi connectivity index (χ0n) is 15.4. The lowest BCUT2D eigenvalue weighted by atomic mass is 9.93. The van der Waals surface area contributed by atoms with Crippen molar-refractivity contribution in [3.63, 3.8) is 0 Å². The summed E-state index contributed by atoms with van der Waals surface area (Å²) in [5.74, 6) is 2.48. The van der Waals surface area contributed by atoms with Crippen molar-refractivity contribution in [2.75, 3.05) is 31.1 Å². The standard InChI is InChI=1S/C22H26N2O2/c1-17(25)18-11-15-23(16-12-18)13-6-14-24-19-7-2-4-9-21(19)26-22-10-5-3-8-20(22)24/h2-5,7-10,18H,6,11-16H2,1H3. The summed E-state index contributed by atoms with van der Waals surface area (Å²) < 4.78 is 6.05. The Bertz CT molecular complexity index is 736. The molecule has 0 aromatic heterocycles. The Balaban J connectivity index is 1.40. The first-order chi connectivity index (χ1) is 12.7. The number of likely N-dealkylation sites (tertiary alicyclic amines) is 1. The Morgan fingerprint density at radius 1 is 0.962 bits per heavy atom. The van der Waals surface area contributed by atoms with Gasteiger partial charge in [0.15, 0.2) is 11.5 Å². The van der Waals surface area contributed by atoms with Gasteiger partial charge in [0.25, 0.3) is 0 Å². The molecule has 136 valence electrons. The number of benzene rings is 2. The van der Waals surface area contributed by atoms with E-state index >= 15 is 0 Å². The van der Waals surface area contributed by atoms with E-state index < -0.39 is 0 Å². The first kappa shape index (κ1) is 17.1. The van der Waals surface area contributed by atoms with Crippen LogP contribution in [-0.4, -0.2) is 36.9 Å². The van der Waals surface area contributed by atoms with Gasteiger partial charge in [-0.25, -0.2) is 0 Å². The van der Waals surface area contributed by atoms with E-state index in [1.54, 1.807) is 6.92 Å². The Morgan fingerprint density at radius 3 is 2.12 bits per heavy atom. The molecular formula is C22H26N2O2. The minimum Gasteiger partial charge on any atom is -0.453 e. The summed E-state index contributed by atoms with van der Waals surface area (Å²) in [6.07, 6.45) is 3.12. The zero-order valence-corrected chi connectivity index (χ0v) is 15.4. The Kier molecular flexibility index (Phi) is 4.93. The Labute approximate surface area is 155 Å². The Morgan fingerprint density at radius 2 is 1.54 bits per heavy atom. The van der Waals surface area contributed by atoms with E-state index in [0.29, 0.717) is 5.78 Å². The number of hydrogen-bond donors (Lipinski definition) is 0. The highest BCUT2D eigenvalue weighted by atomic mass is 16.5. The first-order valence-electron chi connectivity index (χ1n) is 9.58. The van der Waals surface area contributed by atoms with E-state index in [9.17, 15) is 4.79 Å². The third-order valence-electron chi connectivity index (χ3n) is 5.55. The average molecular weight is 350 g/mol.